The van der Waals surface area contributed by atoms with E-state index in [1.807, 2.05) is 0 Å². The molecular weight excluding hydrogens is 252 g/mol. The molecule has 0 N–H and O–H groups in total. The molecule has 0 atom stereocenters. The summed E-state index contributed by atoms with van der Waals surface area (Å²) in [4.78, 5) is 0. The highest BCUT2D eigenvalue weighted by atomic mass is 19.4. The molecule has 1 heterocycles. The number of rotatable bonds is 2. The van der Waals surface area contributed by atoms with Gasteiger partial charge in [0.2, 0.25) is 0 Å². The second kappa shape index (κ2) is 4.32. The molecule has 0 saturated heterocycles. The van der Waals surface area contributed by atoms with Gasteiger partial charge in [0, 0.05) is 12.3 Å². The Morgan fingerprint density at radius 3 is 2.50 bits per heavy atom. The van der Waals surface area contributed by atoms with E-state index in [9.17, 15) is 17.6 Å². The third kappa shape index (κ3) is 2.29. The first kappa shape index (κ1) is 12.4. The van der Waals surface area contributed by atoms with Crippen LogP contribution in [0, 0.1) is 5.82 Å². The van der Waals surface area contributed by atoms with Crippen LogP contribution in [0.5, 0.6) is 5.75 Å². The number of aromatic nitrogens is 2. The molecule has 0 aliphatic heterocycles. The first-order valence-corrected chi connectivity index (χ1v) is 4.88. The van der Waals surface area contributed by atoms with E-state index in [0.29, 0.717) is 0 Å². The van der Waals surface area contributed by atoms with Crippen LogP contribution in [-0.4, -0.2) is 16.9 Å². The number of halogens is 4. The van der Waals surface area contributed by atoms with E-state index in [-0.39, 0.29) is 11.4 Å². The van der Waals surface area contributed by atoms with E-state index in [1.165, 1.54) is 13.2 Å². The third-order valence-electron chi connectivity index (χ3n) is 2.27. The SMILES string of the molecule is COc1ccc(F)cc1-n1ccc(C(F)(F)F)n1. The van der Waals surface area contributed by atoms with Gasteiger partial charge in [-0.15, -0.1) is 0 Å². The van der Waals surface area contributed by atoms with Gasteiger partial charge >= 0.3 is 6.18 Å². The van der Waals surface area contributed by atoms with Gasteiger partial charge in [-0.05, 0) is 18.2 Å². The first-order chi connectivity index (χ1) is 8.41. The normalized spacial score (nSPS) is 11.6. The van der Waals surface area contributed by atoms with Gasteiger partial charge in [0.1, 0.15) is 17.3 Å². The van der Waals surface area contributed by atoms with Gasteiger partial charge in [0.15, 0.2) is 5.69 Å². The minimum absolute atomic E-state index is 0.105. The smallest absolute Gasteiger partial charge is 0.435 e. The van der Waals surface area contributed by atoms with Crippen molar-refractivity contribution < 1.29 is 22.3 Å². The lowest BCUT2D eigenvalue weighted by atomic mass is 10.3. The summed E-state index contributed by atoms with van der Waals surface area (Å²) in [6.07, 6.45) is -3.44. The van der Waals surface area contributed by atoms with Crippen molar-refractivity contribution in [2.45, 2.75) is 6.18 Å². The van der Waals surface area contributed by atoms with Crippen LogP contribution < -0.4 is 4.74 Å². The number of alkyl halides is 3. The molecule has 0 fully saturated rings. The van der Waals surface area contributed by atoms with Crippen LogP contribution in [0.2, 0.25) is 0 Å². The topological polar surface area (TPSA) is 27.1 Å². The Morgan fingerprint density at radius 1 is 1.22 bits per heavy atom. The molecule has 0 amide bonds. The third-order valence-corrected chi connectivity index (χ3v) is 2.27. The molecule has 7 heteroatoms. The second-order valence-corrected chi connectivity index (χ2v) is 3.46. The average molecular weight is 260 g/mol. The zero-order valence-electron chi connectivity index (χ0n) is 9.20. The molecule has 0 spiro atoms. The molecule has 0 unspecified atom stereocenters. The predicted octanol–water partition coefficient (Wildman–Crippen LogP) is 3.04. The fourth-order valence-corrected chi connectivity index (χ4v) is 1.45. The van der Waals surface area contributed by atoms with Crippen LogP contribution in [0.15, 0.2) is 30.5 Å². The Balaban J connectivity index is 2.49. The van der Waals surface area contributed by atoms with E-state index in [4.69, 9.17) is 4.74 Å². The van der Waals surface area contributed by atoms with Gasteiger partial charge < -0.3 is 4.74 Å². The number of methoxy groups -OCH3 is 1. The van der Waals surface area contributed by atoms with Crippen molar-refractivity contribution in [3.63, 3.8) is 0 Å². The van der Waals surface area contributed by atoms with Crippen molar-refractivity contribution in [1.82, 2.24) is 9.78 Å². The van der Waals surface area contributed by atoms with E-state index in [0.717, 1.165) is 29.1 Å². The van der Waals surface area contributed by atoms with Gasteiger partial charge in [0.25, 0.3) is 0 Å². The molecule has 1 aromatic carbocycles. The lowest BCUT2D eigenvalue weighted by Gasteiger charge is -2.08. The number of hydrogen-bond donors (Lipinski definition) is 0. The minimum Gasteiger partial charge on any atom is -0.494 e. The zero-order valence-corrected chi connectivity index (χ0v) is 9.20. The van der Waals surface area contributed by atoms with Crippen LogP contribution in [0.25, 0.3) is 5.69 Å². The van der Waals surface area contributed by atoms with Gasteiger partial charge in [-0.1, -0.05) is 0 Å². The monoisotopic (exact) mass is 260 g/mol. The summed E-state index contributed by atoms with van der Waals surface area (Å²) in [6.45, 7) is 0. The summed E-state index contributed by atoms with van der Waals surface area (Å²) < 4.78 is 56.1. The lowest BCUT2D eigenvalue weighted by molar-refractivity contribution is -0.141. The minimum atomic E-state index is -4.54. The van der Waals surface area contributed by atoms with Crippen molar-refractivity contribution in [3.05, 3.63) is 42.0 Å². The highest BCUT2D eigenvalue weighted by molar-refractivity contribution is 5.46. The molecule has 96 valence electrons. The van der Waals surface area contributed by atoms with E-state index in [1.54, 1.807) is 0 Å². The van der Waals surface area contributed by atoms with Crippen LogP contribution in [0.4, 0.5) is 17.6 Å². The van der Waals surface area contributed by atoms with E-state index in [2.05, 4.69) is 5.10 Å². The summed E-state index contributed by atoms with van der Waals surface area (Å²) in [5.74, 6) is -0.358. The largest absolute Gasteiger partial charge is 0.494 e. The summed E-state index contributed by atoms with van der Waals surface area (Å²) >= 11 is 0. The van der Waals surface area contributed by atoms with Gasteiger partial charge in [-0.2, -0.15) is 18.3 Å². The Kier molecular flexibility index (Phi) is 2.98. The summed E-state index contributed by atoms with van der Waals surface area (Å²) in [6, 6.07) is 4.33. The maximum atomic E-state index is 13.1. The maximum absolute atomic E-state index is 13.1. The molecule has 2 rings (SSSR count). The van der Waals surface area contributed by atoms with Crippen LogP contribution in [-0.2, 0) is 6.18 Å². The number of hydrogen-bond acceptors (Lipinski definition) is 2. The van der Waals surface area contributed by atoms with Gasteiger partial charge in [-0.3, -0.25) is 0 Å². The second-order valence-electron chi connectivity index (χ2n) is 3.46. The Labute approximate surface area is 99.6 Å². The Bertz CT molecular complexity index is 562. The highest BCUT2D eigenvalue weighted by Gasteiger charge is 2.33. The molecule has 0 aliphatic rings. The van der Waals surface area contributed by atoms with E-state index < -0.39 is 17.7 Å². The maximum Gasteiger partial charge on any atom is 0.435 e. The molecule has 0 bridgehead atoms. The van der Waals surface area contributed by atoms with Crippen molar-refractivity contribution >= 4 is 0 Å². The molecule has 0 aliphatic carbocycles. The van der Waals surface area contributed by atoms with Gasteiger partial charge in [-0.25, -0.2) is 9.07 Å². The Hall–Kier alpha value is -2.05. The van der Waals surface area contributed by atoms with Crippen molar-refractivity contribution in [1.29, 1.82) is 0 Å². The number of benzene rings is 1. The highest BCUT2D eigenvalue weighted by Crippen LogP contribution is 2.29. The molecule has 1 aromatic heterocycles. The fraction of sp³-hybridized carbons (Fsp3) is 0.182. The zero-order chi connectivity index (χ0) is 13.3. The summed E-state index contributed by atoms with van der Waals surface area (Å²) in [5.41, 5.74) is -0.943. The molecule has 3 nitrogen and oxygen atoms in total. The van der Waals surface area contributed by atoms with Crippen LogP contribution in [0.3, 0.4) is 0 Å². The molecule has 2 aromatic rings. The molecule has 0 radical (unpaired) electrons. The van der Waals surface area contributed by atoms with Crippen molar-refractivity contribution in [2.75, 3.05) is 7.11 Å². The van der Waals surface area contributed by atoms with Crippen LogP contribution in [0.1, 0.15) is 5.69 Å². The fourth-order valence-electron chi connectivity index (χ4n) is 1.45. The van der Waals surface area contributed by atoms with Crippen molar-refractivity contribution in [3.8, 4) is 11.4 Å². The molecular formula is C11H8F4N2O. The van der Waals surface area contributed by atoms with E-state index >= 15 is 0 Å². The average Bonchev–Trinajstić information content (AvgIpc) is 2.77. The predicted molar refractivity (Wildman–Crippen MR) is 55.1 cm³/mol. The summed E-state index contributed by atoms with van der Waals surface area (Å²) in [5, 5.41) is 3.35. The quantitative estimate of drug-likeness (QED) is 0.776. The number of ether oxygens (including phenoxy) is 1. The van der Waals surface area contributed by atoms with Gasteiger partial charge in [0.05, 0.1) is 7.11 Å². The molecule has 18 heavy (non-hydrogen) atoms. The number of nitrogens with zero attached hydrogens (tertiary/aromatic N) is 2. The standard InChI is InChI=1S/C11H8F4N2O/c1-18-9-3-2-7(12)6-8(9)17-5-4-10(16-17)11(13,14)15/h2-6H,1H3. The first-order valence-electron chi connectivity index (χ1n) is 4.88. The van der Waals surface area contributed by atoms with Crippen LogP contribution >= 0.6 is 0 Å². The molecule has 0 saturated carbocycles. The van der Waals surface area contributed by atoms with Crippen molar-refractivity contribution in [2.24, 2.45) is 0 Å². The summed E-state index contributed by atoms with van der Waals surface area (Å²) in [7, 11) is 1.34. The Morgan fingerprint density at radius 2 is 1.94 bits per heavy atom. The lowest BCUT2D eigenvalue weighted by Crippen LogP contribution is -2.07.